The van der Waals surface area contributed by atoms with Gasteiger partial charge in [-0.05, 0) is 30.3 Å². The molecule has 7 nitrogen and oxygen atoms in total. The summed E-state index contributed by atoms with van der Waals surface area (Å²) in [5, 5.41) is 3.75. The Kier molecular flexibility index (Phi) is 3.38. The number of nitrogens with two attached hydrogens (primary N) is 1. The van der Waals surface area contributed by atoms with Crippen molar-refractivity contribution in [1.82, 2.24) is 19.9 Å². The normalized spacial score (nSPS) is 12.1. The Bertz CT molecular complexity index is 1010. The van der Waals surface area contributed by atoms with Crippen LogP contribution in [0.2, 0.25) is 0 Å². The van der Waals surface area contributed by atoms with Crippen molar-refractivity contribution in [3.63, 3.8) is 0 Å². The minimum Gasteiger partial charge on any atom is -0.397 e. The van der Waals surface area contributed by atoms with Crippen LogP contribution in [0.5, 0.6) is 0 Å². The first-order chi connectivity index (χ1) is 11.7. The van der Waals surface area contributed by atoms with Gasteiger partial charge in [-0.3, -0.25) is 0 Å². The Balaban J connectivity index is 1.66. The zero-order valence-corrected chi connectivity index (χ0v) is 13.1. The first-order valence-electron chi connectivity index (χ1n) is 7.52. The lowest BCUT2D eigenvalue weighted by atomic mass is 10.2. The highest BCUT2D eigenvalue weighted by molar-refractivity contribution is 5.99. The molecular weight excluding hydrogens is 304 g/mol. The third-order valence-corrected chi connectivity index (χ3v) is 3.79. The molecule has 0 atom stereocenters. The maximum absolute atomic E-state index is 5.85. The number of hydrogen-bond donors (Lipinski definition) is 3. The van der Waals surface area contributed by atoms with Gasteiger partial charge in [0.05, 0.1) is 28.5 Å². The van der Waals surface area contributed by atoms with Crippen molar-refractivity contribution in [3.05, 3.63) is 59.7 Å². The molecule has 4 aromatic rings. The molecule has 0 unspecified atom stereocenters. The van der Waals surface area contributed by atoms with Crippen molar-refractivity contribution in [2.45, 2.75) is 6.42 Å². The number of oxime groups is 1. The lowest BCUT2D eigenvalue weighted by molar-refractivity contribution is 0.213. The van der Waals surface area contributed by atoms with Gasteiger partial charge in [-0.15, -0.1) is 0 Å². The van der Waals surface area contributed by atoms with Gasteiger partial charge in [0.2, 0.25) is 0 Å². The third kappa shape index (κ3) is 2.56. The molecule has 0 saturated heterocycles. The van der Waals surface area contributed by atoms with E-state index in [4.69, 9.17) is 10.6 Å². The molecule has 0 aliphatic rings. The second-order valence-corrected chi connectivity index (χ2v) is 5.45. The molecule has 7 heteroatoms. The summed E-state index contributed by atoms with van der Waals surface area (Å²) in [5.74, 6) is 2.03. The topological polar surface area (TPSA) is 105 Å². The molecule has 2 aromatic heterocycles. The summed E-state index contributed by atoms with van der Waals surface area (Å²) in [6.45, 7) is 0. The minimum atomic E-state index is 0.327. The number of nitrogens with one attached hydrogen (secondary N) is 2. The fourth-order valence-corrected chi connectivity index (χ4v) is 2.70. The number of nitrogens with zero attached hydrogens (tertiary/aromatic N) is 3. The molecule has 0 amide bonds. The van der Waals surface area contributed by atoms with Crippen molar-refractivity contribution in [1.29, 1.82) is 0 Å². The van der Waals surface area contributed by atoms with E-state index < -0.39 is 0 Å². The van der Waals surface area contributed by atoms with Crippen molar-refractivity contribution < 1.29 is 4.84 Å². The van der Waals surface area contributed by atoms with Crippen molar-refractivity contribution in [2.24, 2.45) is 10.9 Å². The summed E-state index contributed by atoms with van der Waals surface area (Å²) in [4.78, 5) is 20.5. The van der Waals surface area contributed by atoms with Gasteiger partial charge >= 0.3 is 0 Å². The number of hydrogen-bond acceptors (Lipinski definition) is 4. The molecule has 2 aromatic carbocycles. The Hall–Kier alpha value is -3.35. The van der Waals surface area contributed by atoms with Crippen LogP contribution in [-0.2, 0) is 11.3 Å². The predicted octanol–water partition coefficient (Wildman–Crippen LogP) is 2.30. The molecule has 4 rings (SSSR count). The monoisotopic (exact) mass is 320 g/mol. The molecule has 0 fully saturated rings. The molecule has 0 spiro atoms. The van der Waals surface area contributed by atoms with Gasteiger partial charge in [0.1, 0.15) is 18.8 Å². The zero-order chi connectivity index (χ0) is 16.5. The van der Waals surface area contributed by atoms with Gasteiger partial charge in [0, 0.05) is 5.56 Å². The number of aromatic nitrogens is 4. The maximum Gasteiger partial charge on any atom is 0.170 e. The number of H-pyrrole nitrogens is 2. The highest BCUT2D eigenvalue weighted by Gasteiger charge is 2.09. The third-order valence-electron chi connectivity index (χ3n) is 3.79. The summed E-state index contributed by atoms with van der Waals surface area (Å²) in [5.41, 5.74) is 10.4. The van der Waals surface area contributed by atoms with E-state index in [1.807, 2.05) is 42.5 Å². The van der Waals surface area contributed by atoms with Crippen molar-refractivity contribution in [3.8, 4) is 0 Å². The van der Waals surface area contributed by atoms with E-state index in [2.05, 4.69) is 25.1 Å². The molecule has 0 aliphatic carbocycles. The fraction of sp³-hybridized carbons (Fsp3) is 0.118. The molecule has 0 aliphatic heterocycles. The Morgan fingerprint density at radius 3 is 2.50 bits per heavy atom. The van der Waals surface area contributed by atoms with Gasteiger partial charge in [0.15, 0.2) is 5.84 Å². The van der Waals surface area contributed by atoms with E-state index >= 15 is 0 Å². The Labute approximate surface area is 137 Å². The van der Waals surface area contributed by atoms with E-state index in [0.29, 0.717) is 12.3 Å². The Morgan fingerprint density at radius 1 is 1.04 bits per heavy atom. The number of para-hydroxylation sites is 2. The maximum atomic E-state index is 5.85. The van der Waals surface area contributed by atoms with Crippen LogP contribution in [0.15, 0.2) is 47.6 Å². The van der Waals surface area contributed by atoms with Crippen LogP contribution in [0, 0.1) is 0 Å². The number of benzene rings is 2. The predicted molar refractivity (Wildman–Crippen MR) is 92.7 cm³/mol. The largest absolute Gasteiger partial charge is 0.397 e. The molecule has 0 radical (unpaired) electrons. The SMILES string of the molecule is CO/N=C(\N)c1ccc2nc(Cc3nc4ccccc4[nH]3)[nH]c2c1. The summed E-state index contributed by atoms with van der Waals surface area (Å²) in [7, 11) is 1.47. The summed E-state index contributed by atoms with van der Waals surface area (Å²) in [6.07, 6.45) is 0.598. The zero-order valence-electron chi connectivity index (χ0n) is 13.1. The van der Waals surface area contributed by atoms with Gasteiger partial charge in [-0.2, -0.15) is 0 Å². The first-order valence-corrected chi connectivity index (χ1v) is 7.52. The number of amidine groups is 1. The number of aromatic amines is 2. The average molecular weight is 320 g/mol. The van der Waals surface area contributed by atoms with E-state index in [0.717, 1.165) is 39.3 Å². The van der Waals surface area contributed by atoms with Crippen LogP contribution in [0.25, 0.3) is 22.1 Å². The van der Waals surface area contributed by atoms with Crippen molar-refractivity contribution in [2.75, 3.05) is 7.11 Å². The highest BCUT2D eigenvalue weighted by Crippen LogP contribution is 2.17. The molecular formula is C17H16N6O. The minimum absolute atomic E-state index is 0.327. The summed E-state index contributed by atoms with van der Waals surface area (Å²) >= 11 is 0. The van der Waals surface area contributed by atoms with E-state index in [9.17, 15) is 0 Å². The molecule has 2 heterocycles. The summed E-state index contributed by atoms with van der Waals surface area (Å²) < 4.78 is 0. The lowest BCUT2D eigenvalue weighted by Crippen LogP contribution is -2.13. The smallest absolute Gasteiger partial charge is 0.170 e. The molecule has 120 valence electrons. The van der Waals surface area contributed by atoms with Crippen LogP contribution in [0.3, 0.4) is 0 Å². The fourth-order valence-electron chi connectivity index (χ4n) is 2.70. The number of rotatable bonds is 4. The molecule has 24 heavy (non-hydrogen) atoms. The number of fused-ring (bicyclic) bond motifs is 2. The van der Waals surface area contributed by atoms with E-state index in [1.54, 1.807) is 0 Å². The van der Waals surface area contributed by atoms with Gasteiger partial charge in [-0.1, -0.05) is 17.3 Å². The van der Waals surface area contributed by atoms with Crippen LogP contribution in [0.1, 0.15) is 17.2 Å². The molecule has 4 N–H and O–H groups in total. The molecule has 0 saturated carbocycles. The van der Waals surface area contributed by atoms with Gasteiger partial charge in [0.25, 0.3) is 0 Å². The molecule has 0 bridgehead atoms. The lowest BCUT2D eigenvalue weighted by Gasteiger charge is -1.98. The quantitative estimate of drug-likeness (QED) is 0.305. The first kappa shape index (κ1) is 14.3. The van der Waals surface area contributed by atoms with E-state index in [1.165, 1.54) is 7.11 Å². The standard InChI is InChI=1S/C17H16N6O/c1-24-23-17(18)10-6-7-13-14(8-10)22-16(21-13)9-15-19-11-4-2-3-5-12(11)20-15/h2-8H,9H2,1H3,(H2,18,23)(H,19,20)(H,21,22). The average Bonchev–Trinajstić information content (AvgIpc) is 3.16. The van der Waals surface area contributed by atoms with Gasteiger partial charge in [-0.25, -0.2) is 9.97 Å². The highest BCUT2D eigenvalue weighted by atomic mass is 16.6. The second-order valence-electron chi connectivity index (χ2n) is 5.45. The summed E-state index contributed by atoms with van der Waals surface area (Å²) in [6, 6.07) is 13.6. The number of imidazole rings is 2. The van der Waals surface area contributed by atoms with Crippen LogP contribution in [-0.4, -0.2) is 32.9 Å². The van der Waals surface area contributed by atoms with Crippen LogP contribution in [0.4, 0.5) is 0 Å². The van der Waals surface area contributed by atoms with E-state index in [-0.39, 0.29) is 0 Å². The Morgan fingerprint density at radius 2 is 1.75 bits per heavy atom. The van der Waals surface area contributed by atoms with Gasteiger partial charge < -0.3 is 20.5 Å². The van der Waals surface area contributed by atoms with Crippen LogP contribution < -0.4 is 5.73 Å². The second kappa shape index (κ2) is 5.69. The van der Waals surface area contributed by atoms with Crippen LogP contribution >= 0.6 is 0 Å². The van der Waals surface area contributed by atoms with Crippen molar-refractivity contribution >= 4 is 27.9 Å².